The topological polar surface area (TPSA) is 93.7 Å². The van der Waals surface area contributed by atoms with Crippen molar-refractivity contribution in [3.63, 3.8) is 0 Å². The van der Waals surface area contributed by atoms with Crippen LogP contribution in [0.3, 0.4) is 0 Å². The van der Waals surface area contributed by atoms with Crippen LogP contribution in [0, 0.1) is 6.92 Å². The van der Waals surface area contributed by atoms with Crippen molar-refractivity contribution in [3.8, 4) is 0 Å². The second-order valence-electron chi connectivity index (χ2n) is 4.80. The van der Waals surface area contributed by atoms with E-state index < -0.39 is 24.1 Å². The molecule has 3 atom stereocenters. The highest BCUT2D eigenvalue weighted by atomic mass is 32.1. The number of hydrogen-bond acceptors (Lipinski definition) is 6. The molecule has 1 saturated heterocycles. The summed E-state index contributed by atoms with van der Waals surface area (Å²) in [6.45, 7) is 1.50. The van der Waals surface area contributed by atoms with Crippen LogP contribution >= 0.6 is 12.6 Å². The van der Waals surface area contributed by atoms with Gasteiger partial charge < -0.3 is 14.9 Å². The first kappa shape index (κ1) is 15.3. The van der Waals surface area contributed by atoms with Crippen molar-refractivity contribution in [1.82, 2.24) is 9.13 Å². The van der Waals surface area contributed by atoms with E-state index in [9.17, 15) is 14.7 Å². The van der Waals surface area contributed by atoms with E-state index in [1.807, 2.05) is 0 Å². The van der Waals surface area contributed by atoms with Gasteiger partial charge >= 0.3 is 5.69 Å². The predicted octanol–water partition coefficient (Wildman–Crippen LogP) is -1.11. The number of ether oxygens (including phenoxy) is 1. The summed E-state index contributed by atoms with van der Waals surface area (Å²) < 4.78 is 7.84. The van der Waals surface area contributed by atoms with Crippen LogP contribution in [0.2, 0.25) is 0 Å². The monoisotopic (exact) mass is 302 g/mol. The van der Waals surface area contributed by atoms with Gasteiger partial charge in [-0.1, -0.05) is 0 Å². The van der Waals surface area contributed by atoms with Crippen LogP contribution in [0.4, 0.5) is 0 Å². The number of aryl methyl sites for hydroxylation is 1. The van der Waals surface area contributed by atoms with E-state index in [1.54, 1.807) is 6.92 Å². The molecule has 1 aromatic heterocycles. The zero-order valence-electron chi connectivity index (χ0n) is 11.1. The third kappa shape index (κ3) is 2.69. The fourth-order valence-corrected chi connectivity index (χ4v) is 2.51. The van der Waals surface area contributed by atoms with E-state index >= 15 is 0 Å². The highest BCUT2D eigenvalue weighted by Crippen LogP contribution is 2.27. The molecule has 1 fully saturated rings. The maximum absolute atomic E-state index is 12.3. The molecule has 7 nitrogen and oxygen atoms in total. The molecule has 2 heterocycles. The Morgan fingerprint density at radius 1 is 1.50 bits per heavy atom. The summed E-state index contributed by atoms with van der Waals surface area (Å²) in [7, 11) is 0. The number of hydrogen-bond donors (Lipinski definition) is 3. The van der Waals surface area contributed by atoms with Crippen molar-refractivity contribution in [1.29, 1.82) is 0 Å². The van der Waals surface area contributed by atoms with E-state index in [1.165, 1.54) is 10.8 Å². The van der Waals surface area contributed by atoms with Crippen LogP contribution in [0.1, 0.15) is 18.2 Å². The average molecular weight is 302 g/mol. The molecule has 0 spiro atoms. The van der Waals surface area contributed by atoms with Crippen molar-refractivity contribution >= 4 is 12.6 Å². The molecule has 20 heavy (non-hydrogen) atoms. The molecule has 0 unspecified atom stereocenters. The third-order valence-corrected chi connectivity index (χ3v) is 3.58. The summed E-state index contributed by atoms with van der Waals surface area (Å²) in [5.41, 5.74) is -0.431. The molecular weight excluding hydrogens is 284 g/mol. The molecule has 0 amide bonds. The van der Waals surface area contributed by atoms with Crippen molar-refractivity contribution in [3.05, 3.63) is 32.6 Å². The first-order valence-corrected chi connectivity index (χ1v) is 7.00. The fraction of sp³-hybridized carbons (Fsp3) is 0.667. The summed E-state index contributed by atoms with van der Waals surface area (Å²) >= 11 is 4.04. The Labute approximate surface area is 120 Å². The van der Waals surface area contributed by atoms with Crippen LogP contribution in [0.25, 0.3) is 0 Å². The SMILES string of the molecule is Cc1cn([C@H]2C[C@H](O)[C@@H](CO)O2)c(=O)n(CCS)c1=O. The van der Waals surface area contributed by atoms with Gasteiger partial charge in [-0.25, -0.2) is 4.79 Å². The smallest absolute Gasteiger partial charge is 0.333 e. The molecule has 112 valence electrons. The van der Waals surface area contributed by atoms with Gasteiger partial charge in [0.15, 0.2) is 0 Å². The standard InChI is InChI=1S/C12H18N2O5S/c1-7-5-14(10-4-8(16)9(6-15)19-10)12(18)13(2-3-20)11(7)17/h5,8-10,15-16,20H,2-4,6H2,1H3/t8-,9+,10+/m0/s1. The Morgan fingerprint density at radius 2 is 2.20 bits per heavy atom. The molecule has 2 rings (SSSR count). The highest BCUT2D eigenvalue weighted by Gasteiger charge is 2.35. The Kier molecular flexibility index (Phi) is 4.69. The fourth-order valence-electron chi connectivity index (χ4n) is 2.31. The van der Waals surface area contributed by atoms with E-state index in [0.717, 1.165) is 4.57 Å². The van der Waals surface area contributed by atoms with E-state index in [-0.39, 0.29) is 25.1 Å². The zero-order valence-corrected chi connectivity index (χ0v) is 12.0. The lowest BCUT2D eigenvalue weighted by Gasteiger charge is -2.17. The van der Waals surface area contributed by atoms with Crippen LogP contribution in [0.5, 0.6) is 0 Å². The number of rotatable bonds is 4. The average Bonchev–Trinajstić information content (AvgIpc) is 2.80. The number of aliphatic hydroxyl groups excluding tert-OH is 2. The molecule has 8 heteroatoms. The minimum atomic E-state index is -0.831. The van der Waals surface area contributed by atoms with Gasteiger partial charge in [-0.15, -0.1) is 0 Å². The summed E-state index contributed by atoms with van der Waals surface area (Å²) in [4.78, 5) is 24.2. The minimum absolute atomic E-state index is 0.198. The molecular formula is C12H18N2O5S. The second kappa shape index (κ2) is 6.13. The van der Waals surface area contributed by atoms with Gasteiger partial charge in [-0.3, -0.25) is 13.9 Å². The van der Waals surface area contributed by atoms with Gasteiger partial charge in [0.1, 0.15) is 12.3 Å². The first-order valence-electron chi connectivity index (χ1n) is 6.37. The molecule has 0 saturated carbocycles. The number of aromatic nitrogens is 2. The number of aliphatic hydroxyl groups is 2. The minimum Gasteiger partial charge on any atom is -0.394 e. The van der Waals surface area contributed by atoms with Crippen LogP contribution < -0.4 is 11.2 Å². The normalized spacial score (nSPS) is 26.1. The molecule has 2 N–H and O–H groups in total. The third-order valence-electron chi connectivity index (χ3n) is 3.38. The van der Waals surface area contributed by atoms with Crippen LogP contribution in [0.15, 0.2) is 15.8 Å². The zero-order chi connectivity index (χ0) is 14.9. The van der Waals surface area contributed by atoms with Gasteiger partial charge in [-0.2, -0.15) is 12.6 Å². The van der Waals surface area contributed by atoms with Crippen molar-refractivity contribution in [2.45, 2.75) is 38.3 Å². The van der Waals surface area contributed by atoms with Gasteiger partial charge in [0.05, 0.1) is 12.7 Å². The summed E-state index contributed by atoms with van der Waals surface area (Å²) in [6, 6.07) is 0. The van der Waals surface area contributed by atoms with E-state index in [2.05, 4.69) is 12.6 Å². The summed E-state index contributed by atoms with van der Waals surface area (Å²) in [5, 5.41) is 18.8. The molecule has 1 aliphatic rings. The number of nitrogens with zero attached hydrogens (tertiary/aromatic N) is 2. The van der Waals surface area contributed by atoms with Gasteiger partial charge in [0.2, 0.25) is 0 Å². The molecule has 1 aliphatic heterocycles. The van der Waals surface area contributed by atoms with Crippen molar-refractivity contribution in [2.24, 2.45) is 0 Å². The molecule has 1 aromatic rings. The van der Waals surface area contributed by atoms with Crippen molar-refractivity contribution < 1.29 is 14.9 Å². The van der Waals surface area contributed by atoms with Gasteiger partial charge in [0.25, 0.3) is 5.56 Å². The Bertz CT molecular complexity index is 596. The molecule has 0 bridgehead atoms. The van der Waals surface area contributed by atoms with Crippen molar-refractivity contribution in [2.75, 3.05) is 12.4 Å². The maximum Gasteiger partial charge on any atom is 0.333 e. The lowest BCUT2D eigenvalue weighted by atomic mass is 10.2. The Balaban J connectivity index is 2.43. The van der Waals surface area contributed by atoms with Crippen LogP contribution in [-0.4, -0.2) is 43.9 Å². The first-order chi connectivity index (χ1) is 9.49. The molecule has 0 radical (unpaired) electrons. The largest absolute Gasteiger partial charge is 0.394 e. The molecule has 0 aliphatic carbocycles. The van der Waals surface area contributed by atoms with Gasteiger partial charge in [0, 0.05) is 30.5 Å². The Hall–Kier alpha value is -1.09. The highest BCUT2D eigenvalue weighted by molar-refractivity contribution is 7.80. The lowest BCUT2D eigenvalue weighted by Crippen LogP contribution is -2.42. The van der Waals surface area contributed by atoms with E-state index in [0.29, 0.717) is 11.3 Å². The van der Waals surface area contributed by atoms with Gasteiger partial charge in [-0.05, 0) is 6.92 Å². The van der Waals surface area contributed by atoms with Crippen LogP contribution in [-0.2, 0) is 11.3 Å². The summed E-state index contributed by atoms with van der Waals surface area (Å²) in [6.07, 6.45) is -0.597. The summed E-state index contributed by atoms with van der Waals surface area (Å²) in [5.74, 6) is 0.367. The predicted molar refractivity (Wildman–Crippen MR) is 75.2 cm³/mol. The lowest BCUT2D eigenvalue weighted by molar-refractivity contribution is -0.0463. The maximum atomic E-state index is 12.3. The Morgan fingerprint density at radius 3 is 2.75 bits per heavy atom. The van der Waals surface area contributed by atoms with E-state index in [4.69, 9.17) is 9.84 Å². The quantitative estimate of drug-likeness (QED) is 0.613. The second-order valence-corrected chi connectivity index (χ2v) is 5.24. The number of thiol groups is 1. The molecule has 0 aromatic carbocycles.